The number of para-hydroxylation sites is 2. The molecule has 5 aromatic rings. The Hall–Kier alpha value is -4.18. The van der Waals surface area contributed by atoms with Gasteiger partial charge in [-0.2, -0.15) is 0 Å². The molecule has 3 aromatic heterocycles. The van der Waals surface area contributed by atoms with E-state index < -0.39 is 0 Å². The van der Waals surface area contributed by atoms with Crippen molar-refractivity contribution in [3.63, 3.8) is 0 Å². The van der Waals surface area contributed by atoms with Crippen molar-refractivity contribution >= 4 is 22.6 Å². The van der Waals surface area contributed by atoms with E-state index in [1.54, 1.807) is 13.0 Å². The number of aryl methyl sites for hydroxylation is 1. The number of H-pyrrole nitrogens is 1. The number of aromatic amines is 1. The summed E-state index contributed by atoms with van der Waals surface area (Å²) in [6.07, 6.45) is 0. The highest BCUT2D eigenvalue weighted by atomic mass is 16.3. The predicted octanol–water partition coefficient (Wildman–Crippen LogP) is 4.36. The third-order valence-electron chi connectivity index (χ3n) is 4.62. The molecule has 0 saturated carbocycles. The van der Waals surface area contributed by atoms with Gasteiger partial charge in [0.15, 0.2) is 11.2 Å². The van der Waals surface area contributed by atoms with Crippen LogP contribution in [0.1, 0.15) is 5.69 Å². The lowest BCUT2D eigenvalue weighted by Crippen LogP contribution is -2.19. The zero-order chi connectivity index (χ0) is 19.3. The Labute approximate surface area is 158 Å². The standard InChI is InChI=1S/C21H13N5O2/c1-12-16(20-24-14-10-6-7-11-15(14)28-20)21(27)26-19(23-12)17(18(22-2)25-26)13-8-4-3-5-9-13/h3-11,25H,1H3. The second kappa shape index (κ2) is 5.93. The van der Waals surface area contributed by atoms with Crippen molar-refractivity contribution in [1.29, 1.82) is 0 Å². The van der Waals surface area contributed by atoms with Gasteiger partial charge in [-0.05, 0) is 24.6 Å². The molecule has 0 amide bonds. The van der Waals surface area contributed by atoms with E-state index in [1.165, 1.54) is 4.52 Å². The molecule has 1 N–H and O–H groups in total. The van der Waals surface area contributed by atoms with Crippen LogP contribution >= 0.6 is 0 Å². The van der Waals surface area contributed by atoms with Gasteiger partial charge in [0, 0.05) is 0 Å². The first-order valence-corrected chi connectivity index (χ1v) is 8.61. The molecule has 5 rings (SSSR count). The largest absolute Gasteiger partial charge is 0.436 e. The van der Waals surface area contributed by atoms with Crippen LogP contribution < -0.4 is 5.56 Å². The maximum absolute atomic E-state index is 13.2. The Kier molecular flexibility index (Phi) is 3.39. The number of hydrogen-bond acceptors (Lipinski definition) is 4. The summed E-state index contributed by atoms with van der Waals surface area (Å²) in [6, 6.07) is 16.7. The first-order valence-electron chi connectivity index (χ1n) is 8.61. The quantitative estimate of drug-likeness (QED) is 0.470. The maximum Gasteiger partial charge on any atom is 0.301 e. The zero-order valence-electron chi connectivity index (χ0n) is 14.8. The molecule has 0 unspecified atom stereocenters. The van der Waals surface area contributed by atoms with E-state index in [4.69, 9.17) is 11.0 Å². The minimum Gasteiger partial charge on any atom is -0.436 e. The number of fused-ring (bicyclic) bond motifs is 2. The number of rotatable bonds is 2. The summed E-state index contributed by atoms with van der Waals surface area (Å²) in [6.45, 7) is 9.24. The Morgan fingerprint density at radius 2 is 1.79 bits per heavy atom. The first-order chi connectivity index (χ1) is 13.7. The van der Waals surface area contributed by atoms with E-state index in [2.05, 4.69) is 19.9 Å². The van der Waals surface area contributed by atoms with Crippen molar-refractivity contribution < 1.29 is 4.42 Å². The summed E-state index contributed by atoms with van der Waals surface area (Å²) in [5.74, 6) is 0.468. The molecule has 0 saturated heterocycles. The minimum absolute atomic E-state index is 0.214. The van der Waals surface area contributed by atoms with Crippen LogP contribution in [0.4, 0.5) is 5.82 Å². The van der Waals surface area contributed by atoms with Gasteiger partial charge < -0.3 is 9.26 Å². The van der Waals surface area contributed by atoms with E-state index in [-0.39, 0.29) is 22.8 Å². The smallest absolute Gasteiger partial charge is 0.301 e. The van der Waals surface area contributed by atoms with Gasteiger partial charge in [0.1, 0.15) is 11.1 Å². The Morgan fingerprint density at radius 3 is 2.54 bits per heavy atom. The van der Waals surface area contributed by atoms with Gasteiger partial charge in [0.25, 0.3) is 5.82 Å². The lowest BCUT2D eigenvalue weighted by atomic mass is 10.1. The van der Waals surface area contributed by atoms with Crippen molar-refractivity contribution in [3.05, 3.63) is 82.1 Å². The topological polar surface area (TPSA) is 80.5 Å². The van der Waals surface area contributed by atoms with Crippen LogP contribution in [-0.4, -0.2) is 19.6 Å². The molecule has 3 heterocycles. The number of nitrogens with one attached hydrogen (secondary N) is 1. The number of nitrogens with zero attached hydrogens (tertiary/aromatic N) is 4. The molecule has 0 radical (unpaired) electrons. The average molecular weight is 367 g/mol. The van der Waals surface area contributed by atoms with Gasteiger partial charge in [-0.1, -0.05) is 49.0 Å². The fraction of sp³-hybridized carbons (Fsp3) is 0.0476. The molecule has 7 heteroatoms. The van der Waals surface area contributed by atoms with E-state index >= 15 is 0 Å². The molecule has 2 aromatic carbocycles. The molecular formula is C21H13N5O2. The van der Waals surface area contributed by atoms with Crippen LogP contribution in [-0.2, 0) is 0 Å². The van der Waals surface area contributed by atoms with Crippen LogP contribution in [0.15, 0.2) is 63.8 Å². The zero-order valence-corrected chi connectivity index (χ0v) is 14.8. The molecular weight excluding hydrogens is 354 g/mol. The summed E-state index contributed by atoms with van der Waals surface area (Å²) < 4.78 is 7.06. The molecule has 134 valence electrons. The first kappa shape index (κ1) is 16.0. The maximum atomic E-state index is 13.2. The summed E-state index contributed by atoms with van der Waals surface area (Å²) in [5.41, 5.74) is 3.48. The highest BCUT2D eigenvalue weighted by Crippen LogP contribution is 2.33. The summed E-state index contributed by atoms with van der Waals surface area (Å²) in [4.78, 5) is 25.8. The molecule has 28 heavy (non-hydrogen) atoms. The van der Waals surface area contributed by atoms with Gasteiger partial charge in [0.2, 0.25) is 5.89 Å². The van der Waals surface area contributed by atoms with Gasteiger partial charge >= 0.3 is 5.56 Å². The highest BCUT2D eigenvalue weighted by Gasteiger charge is 2.23. The Morgan fingerprint density at radius 1 is 1.04 bits per heavy atom. The fourth-order valence-electron chi connectivity index (χ4n) is 3.34. The molecule has 0 aliphatic rings. The SMILES string of the molecule is [C-]#[N+]c1[nH]n2c(=O)c(-c3nc4ccccc4o3)c(C)nc2c1-c1ccccc1. The number of oxazole rings is 1. The number of hydrogen-bond donors (Lipinski definition) is 1. The Balaban J connectivity index is 1.83. The highest BCUT2D eigenvalue weighted by molar-refractivity contribution is 5.88. The minimum atomic E-state index is -0.360. The normalized spacial score (nSPS) is 11.1. The van der Waals surface area contributed by atoms with Crippen LogP contribution in [0, 0.1) is 13.5 Å². The second-order valence-electron chi connectivity index (χ2n) is 6.34. The van der Waals surface area contributed by atoms with E-state index in [9.17, 15) is 4.79 Å². The van der Waals surface area contributed by atoms with Crippen LogP contribution in [0.25, 0.3) is 44.2 Å². The molecule has 0 aliphatic heterocycles. The summed E-state index contributed by atoms with van der Waals surface area (Å²) in [7, 11) is 0. The molecule has 0 bridgehead atoms. The molecule has 0 fully saturated rings. The summed E-state index contributed by atoms with van der Waals surface area (Å²) in [5, 5.41) is 2.87. The number of benzene rings is 2. The fourth-order valence-corrected chi connectivity index (χ4v) is 3.34. The third-order valence-corrected chi connectivity index (χ3v) is 4.62. The van der Waals surface area contributed by atoms with Gasteiger partial charge in [-0.25, -0.2) is 15.1 Å². The summed E-state index contributed by atoms with van der Waals surface area (Å²) >= 11 is 0. The van der Waals surface area contributed by atoms with E-state index in [0.717, 1.165) is 5.56 Å². The molecule has 0 atom stereocenters. The van der Waals surface area contributed by atoms with E-state index in [0.29, 0.717) is 28.0 Å². The van der Waals surface area contributed by atoms with E-state index in [1.807, 2.05) is 48.5 Å². The van der Waals surface area contributed by atoms with Gasteiger partial charge in [-0.15, -0.1) is 4.52 Å². The van der Waals surface area contributed by atoms with Gasteiger partial charge in [0.05, 0.1) is 11.3 Å². The molecule has 0 spiro atoms. The van der Waals surface area contributed by atoms with Crippen LogP contribution in [0.2, 0.25) is 0 Å². The molecule has 7 nitrogen and oxygen atoms in total. The van der Waals surface area contributed by atoms with Gasteiger partial charge in [-0.3, -0.25) is 4.79 Å². The third kappa shape index (κ3) is 2.25. The average Bonchev–Trinajstić information content (AvgIpc) is 3.29. The number of aromatic nitrogens is 4. The van der Waals surface area contributed by atoms with Crippen molar-refractivity contribution in [2.24, 2.45) is 0 Å². The van der Waals surface area contributed by atoms with Crippen molar-refractivity contribution in [2.45, 2.75) is 6.92 Å². The molecule has 0 aliphatic carbocycles. The lowest BCUT2D eigenvalue weighted by Gasteiger charge is -2.03. The second-order valence-corrected chi connectivity index (χ2v) is 6.34. The van der Waals surface area contributed by atoms with Crippen LogP contribution in [0.3, 0.4) is 0 Å². The monoisotopic (exact) mass is 367 g/mol. The van der Waals surface area contributed by atoms with Crippen LogP contribution in [0.5, 0.6) is 0 Å². The van der Waals surface area contributed by atoms with Crippen molar-refractivity contribution in [2.75, 3.05) is 0 Å². The predicted molar refractivity (Wildman–Crippen MR) is 105 cm³/mol. The van der Waals surface area contributed by atoms with Crippen molar-refractivity contribution in [1.82, 2.24) is 19.6 Å². The van der Waals surface area contributed by atoms with Crippen molar-refractivity contribution in [3.8, 4) is 22.6 Å². The lowest BCUT2D eigenvalue weighted by molar-refractivity contribution is 0.616. The Bertz CT molecular complexity index is 1420.